The number of carbonyl (C=O) groups is 1. The highest BCUT2D eigenvalue weighted by atomic mass is 16.5. The Hall–Kier alpha value is -2.17. The average Bonchev–Trinajstić information content (AvgIpc) is 3.01. The number of nitrogens with zero attached hydrogens (tertiary/aromatic N) is 1. The van der Waals surface area contributed by atoms with E-state index in [9.17, 15) is 4.79 Å². The van der Waals surface area contributed by atoms with Crippen molar-refractivity contribution in [2.75, 3.05) is 20.2 Å². The van der Waals surface area contributed by atoms with Crippen molar-refractivity contribution in [1.82, 2.24) is 4.90 Å². The van der Waals surface area contributed by atoms with Crippen molar-refractivity contribution in [3.63, 3.8) is 0 Å². The predicted molar refractivity (Wildman–Crippen MR) is 94.7 cm³/mol. The largest absolute Gasteiger partial charge is 0.468 e. The molecule has 1 saturated heterocycles. The number of likely N-dealkylation sites (tertiary alicyclic amines) is 1. The molecular formula is C20H24N2O2. The maximum Gasteiger partial charge on any atom is 0.323 e. The molecule has 0 amide bonds. The quantitative estimate of drug-likeness (QED) is 0.858. The molecule has 0 spiro atoms. The standard InChI is InChI=1S/C20H24N2O2/c1-24-20(23)19-12-17(21)13-22(19)14-18(15-8-4-2-5-9-15)16-10-6-3-7-11-16/h2-11,17-19H,12-14,21H2,1H3/t17-,19-/m0/s1. The van der Waals surface area contributed by atoms with Crippen LogP contribution in [0.15, 0.2) is 60.7 Å². The zero-order valence-corrected chi connectivity index (χ0v) is 14.0. The first-order valence-corrected chi connectivity index (χ1v) is 8.36. The summed E-state index contributed by atoms with van der Waals surface area (Å²) >= 11 is 0. The van der Waals surface area contributed by atoms with E-state index >= 15 is 0 Å². The second-order valence-electron chi connectivity index (χ2n) is 6.36. The maximum atomic E-state index is 12.1. The highest BCUT2D eigenvalue weighted by molar-refractivity contribution is 5.76. The third-order valence-electron chi connectivity index (χ3n) is 4.73. The van der Waals surface area contributed by atoms with Crippen LogP contribution in [0.2, 0.25) is 0 Å². The molecule has 1 fully saturated rings. The molecule has 0 bridgehead atoms. The lowest BCUT2D eigenvalue weighted by atomic mass is 9.90. The van der Waals surface area contributed by atoms with Gasteiger partial charge in [-0.05, 0) is 17.5 Å². The Kier molecular flexibility index (Phi) is 5.28. The number of carbonyl (C=O) groups excluding carboxylic acids is 1. The summed E-state index contributed by atoms with van der Waals surface area (Å²) in [6.07, 6.45) is 0.656. The molecular weight excluding hydrogens is 300 g/mol. The molecule has 0 unspecified atom stereocenters. The molecule has 2 aromatic carbocycles. The average molecular weight is 324 g/mol. The van der Waals surface area contributed by atoms with Gasteiger partial charge in [0.05, 0.1) is 7.11 Å². The first-order chi connectivity index (χ1) is 11.7. The van der Waals surface area contributed by atoms with Crippen LogP contribution in [0, 0.1) is 0 Å². The zero-order chi connectivity index (χ0) is 16.9. The third-order valence-corrected chi connectivity index (χ3v) is 4.73. The molecule has 126 valence electrons. The van der Waals surface area contributed by atoms with Crippen molar-refractivity contribution in [1.29, 1.82) is 0 Å². The Bertz CT molecular complexity index is 620. The summed E-state index contributed by atoms with van der Waals surface area (Å²) in [5, 5.41) is 0. The summed E-state index contributed by atoms with van der Waals surface area (Å²) in [5.41, 5.74) is 8.60. The first kappa shape index (κ1) is 16.7. The lowest BCUT2D eigenvalue weighted by Gasteiger charge is -2.28. The van der Waals surface area contributed by atoms with Crippen LogP contribution in [-0.4, -0.2) is 43.2 Å². The first-order valence-electron chi connectivity index (χ1n) is 8.36. The van der Waals surface area contributed by atoms with E-state index in [2.05, 4.69) is 53.4 Å². The molecule has 1 aliphatic heterocycles. The normalized spacial score (nSPS) is 21.1. The van der Waals surface area contributed by atoms with E-state index in [1.807, 2.05) is 12.1 Å². The molecule has 1 heterocycles. The van der Waals surface area contributed by atoms with Crippen LogP contribution in [0.25, 0.3) is 0 Å². The predicted octanol–water partition coefficient (Wildman–Crippen LogP) is 2.39. The van der Waals surface area contributed by atoms with E-state index in [0.29, 0.717) is 6.42 Å². The summed E-state index contributed by atoms with van der Waals surface area (Å²) < 4.78 is 4.97. The number of ether oxygens (including phenoxy) is 1. The van der Waals surface area contributed by atoms with Crippen LogP contribution in [0.4, 0.5) is 0 Å². The Labute approximate surface area is 143 Å². The molecule has 2 atom stereocenters. The Morgan fingerprint density at radius 1 is 1.12 bits per heavy atom. The van der Waals surface area contributed by atoms with Crippen LogP contribution in [-0.2, 0) is 9.53 Å². The van der Waals surface area contributed by atoms with Crippen LogP contribution >= 0.6 is 0 Å². The maximum absolute atomic E-state index is 12.1. The smallest absolute Gasteiger partial charge is 0.323 e. The molecule has 3 rings (SSSR count). The molecule has 2 N–H and O–H groups in total. The molecule has 4 heteroatoms. The van der Waals surface area contributed by atoms with Gasteiger partial charge in [-0.25, -0.2) is 0 Å². The second kappa shape index (κ2) is 7.60. The van der Waals surface area contributed by atoms with Crippen molar-refractivity contribution in [2.45, 2.75) is 24.4 Å². The van der Waals surface area contributed by atoms with Gasteiger partial charge in [0.15, 0.2) is 0 Å². The minimum absolute atomic E-state index is 0.0151. The Balaban J connectivity index is 1.88. The van der Waals surface area contributed by atoms with Crippen LogP contribution < -0.4 is 5.73 Å². The minimum atomic E-state index is -0.250. The lowest BCUT2D eigenvalue weighted by Crippen LogP contribution is -2.39. The van der Waals surface area contributed by atoms with Gasteiger partial charge in [-0.3, -0.25) is 9.69 Å². The van der Waals surface area contributed by atoms with Gasteiger partial charge in [-0.2, -0.15) is 0 Å². The van der Waals surface area contributed by atoms with Gasteiger partial charge >= 0.3 is 5.97 Å². The van der Waals surface area contributed by atoms with Gasteiger partial charge in [0.2, 0.25) is 0 Å². The Morgan fingerprint density at radius 3 is 2.17 bits per heavy atom. The van der Waals surface area contributed by atoms with Gasteiger partial charge in [-0.1, -0.05) is 60.7 Å². The number of hydrogen-bond acceptors (Lipinski definition) is 4. The molecule has 24 heavy (non-hydrogen) atoms. The third kappa shape index (κ3) is 3.66. The summed E-state index contributed by atoms with van der Waals surface area (Å²) in [6.45, 7) is 1.47. The van der Waals surface area contributed by atoms with Gasteiger partial charge in [0.1, 0.15) is 6.04 Å². The van der Waals surface area contributed by atoms with Crippen molar-refractivity contribution in [2.24, 2.45) is 5.73 Å². The molecule has 0 aromatic heterocycles. The molecule has 1 aliphatic rings. The fourth-order valence-electron chi connectivity index (χ4n) is 3.53. The summed E-state index contributed by atoms with van der Waals surface area (Å²) in [7, 11) is 1.44. The van der Waals surface area contributed by atoms with Crippen LogP contribution in [0.1, 0.15) is 23.5 Å². The Morgan fingerprint density at radius 2 is 1.67 bits per heavy atom. The SMILES string of the molecule is COC(=O)[C@@H]1C[C@H](N)CN1CC(c1ccccc1)c1ccccc1. The molecule has 0 radical (unpaired) electrons. The minimum Gasteiger partial charge on any atom is -0.468 e. The van der Waals surface area contributed by atoms with Crippen molar-refractivity contribution in [3.8, 4) is 0 Å². The van der Waals surface area contributed by atoms with E-state index in [1.54, 1.807) is 0 Å². The molecule has 4 nitrogen and oxygen atoms in total. The number of benzene rings is 2. The summed E-state index contributed by atoms with van der Waals surface area (Å²) in [5.74, 6) is 0.00711. The molecule has 0 aliphatic carbocycles. The van der Waals surface area contributed by atoms with Gasteiger partial charge < -0.3 is 10.5 Å². The van der Waals surface area contributed by atoms with E-state index in [0.717, 1.165) is 13.1 Å². The number of nitrogens with two attached hydrogens (primary N) is 1. The monoisotopic (exact) mass is 324 g/mol. The van der Waals surface area contributed by atoms with Gasteiger partial charge in [-0.15, -0.1) is 0 Å². The van der Waals surface area contributed by atoms with Crippen LogP contribution in [0.5, 0.6) is 0 Å². The second-order valence-corrected chi connectivity index (χ2v) is 6.36. The fraction of sp³-hybridized carbons (Fsp3) is 0.350. The van der Waals surface area contributed by atoms with Crippen LogP contribution in [0.3, 0.4) is 0 Å². The van der Waals surface area contributed by atoms with Gasteiger partial charge in [0.25, 0.3) is 0 Å². The van der Waals surface area contributed by atoms with Gasteiger partial charge in [0, 0.05) is 25.0 Å². The fourth-order valence-corrected chi connectivity index (χ4v) is 3.53. The summed E-state index contributed by atoms with van der Waals surface area (Å²) in [4.78, 5) is 14.3. The number of hydrogen-bond donors (Lipinski definition) is 1. The highest BCUT2D eigenvalue weighted by Crippen LogP contribution is 2.29. The number of rotatable bonds is 5. The topological polar surface area (TPSA) is 55.6 Å². The zero-order valence-electron chi connectivity index (χ0n) is 14.0. The highest BCUT2D eigenvalue weighted by Gasteiger charge is 2.37. The summed E-state index contributed by atoms with van der Waals surface area (Å²) in [6, 6.07) is 20.6. The number of methoxy groups -OCH3 is 1. The van der Waals surface area contributed by atoms with E-state index in [-0.39, 0.29) is 24.0 Å². The lowest BCUT2D eigenvalue weighted by molar-refractivity contribution is -0.145. The molecule has 2 aromatic rings. The number of esters is 1. The van der Waals surface area contributed by atoms with Crippen molar-refractivity contribution < 1.29 is 9.53 Å². The van der Waals surface area contributed by atoms with Crippen molar-refractivity contribution in [3.05, 3.63) is 71.8 Å². The van der Waals surface area contributed by atoms with E-state index in [4.69, 9.17) is 10.5 Å². The van der Waals surface area contributed by atoms with E-state index in [1.165, 1.54) is 18.2 Å². The van der Waals surface area contributed by atoms with Crippen molar-refractivity contribution >= 4 is 5.97 Å². The van der Waals surface area contributed by atoms with E-state index < -0.39 is 0 Å². The molecule has 0 saturated carbocycles.